The molecular formula is C14H16ClN3O. The van der Waals surface area contributed by atoms with Gasteiger partial charge in [0, 0.05) is 37.7 Å². The Hall–Kier alpha value is -1.81. The van der Waals surface area contributed by atoms with E-state index in [9.17, 15) is 4.79 Å². The third-order valence-corrected chi connectivity index (χ3v) is 3.11. The second kappa shape index (κ2) is 6.95. The lowest BCUT2D eigenvalue weighted by atomic mass is 10.3. The monoisotopic (exact) mass is 277 g/mol. The van der Waals surface area contributed by atoms with Crippen LogP contribution in [-0.4, -0.2) is 16.1 Å². The van der Waals surface area contributed by atoms with Crippen molar-refractivity contribution in [3.63, 3.8) is 0 Å². The van der Waals surface area contributed by atoms with Crippen LogP contribution in [0.2, 0.25) is 5.02 Å². The highest BCUT2D eigenvalue weighted by molar-refractivity contribution is 6.33. The molecule has 0 spiro atoms. The molecule has 0 aliphatic heterocycles. The molecule has 0 aliphatic carbocycles. The van der Waals surface area contributed by atoms with Gasteiger partial charge in [-0.15, -0.1) is 0 Å². The second-order valence-electron chi connectivity index (χ2n) is 4.22. The molecule has 2 rings (SSSR count). The van der Waals surface area contributed by atoms with Crippen molar-refractivity contribution in [2.45, 2.75) is 19.4 Å². The minimum Gasteiger partial charge on any atom is -0.384 e. The van der Waals surface area contributed by atoms with E-state index in [0.29, 0.717) is 5.02 Å². The summed E-state index contributed by atoms with van der Waals surface area (Å²) in [6.07, 6.45) is 7.06. The van der Waals surface area contributed by atoms with Crippen LogP contribution < -0.4 is 10.9 Å². The van der Waals surface area contributed by atoms with Gasteiger partial charge in [0.05, 0.1) is 10.7 Å². The zero-order chi connectivity index (χ0) is 13.5. The van der Waals surface area contributed by atoms with Crippen molar-refractivity contribution < 1.29 is 0 Å². The molecule has 2 heterocycles. The van der Waals surface area contributed by atoms with Gasteiger partial charge in [-0.05, 0) is 25.0 Å². The first-order valence-electron chi connectivity index (χ1n) is 6.26. The van der Waals surface area contributed by atoms with Crippen molar-refractivity contribution in [1.82, 2.24) is 9.55 Å². The molecule has 5 heteroatoms. The average Bonchev–Trinajstić information content (AvgIpc) is 2.42. The molecule has 0 aromatic carbocycles. The summed E-state index contributed by atoms with van der Waals surface area (Å²) in [6, 6.07) is 7.06. The Morgan fingerprint density at radius 1 is 1.26 bits per heavy atom. The summed E-state index contributed by atoms with van der Waals surface area (Å²) in [6.45, 7) is 1.57. The number of hydrogen-bond acceptors (Lipinski definition) is 3. The number of anilines is 1. The lowest BCUT2D eigenvalue weighted by molar-refractivity contribution is 0.604. The van der Waals surface area contributed by atoms with Crippen LogP contribution in [-0.2, 0) is 6.54 Å². The Labute approximate surface area is 117 Å². The highest BCUT2D eigenvalue weighted by Crippen LogP contribution is 2.18. The minimum atomic E-state index is 0.0487. The van der Waals surface area contributed by atoms with Gasteiger partial charge in [-0.25, -0.2) is 0 Å². The van der Waals surface area contributed by atoms with Crippen molar-refractivity contribution in [1.29, 1.82) is 0 Å². The first-order chi connectivity index (χ1) is 9.27. The highest BCUT2D eigenvalue weighted by atomic mass is 35.5. The van der Waals surface area contributed by atoms with Crippen molar-refractivity contribution >= 4 is 17.3 Å². The summed E-state index contributed by atoms with van der Waals surface area (Å²) >= 11 is 5.98. The smallest absolute Gasteiger partial charge is 0.250 e. The normalized spacial score (nSPS) is 10.4. The summed E-state index contributed by atoms with van der Waals surface area (Å²) in [5, 5.41) is 3.88. The molecule has 0 atom stereocenters. The zero-order valence-corrected chi connectivity index (χ0v) is 11.3. The molecule has 0 saturated heterocycles. The quantitative estimate of drug-likeness (QED) is 0.826. The Bertz CT molecular complexity index is 583. The van der Waals surface area contributed by atoms with Gasteiger partial charge in [0.15, 0.2) is 0 Å². The van der Waals surface area contributed by atoms with Crippen molar-refractivity contribution in [2.75, 3.05) is 11.9 Å². The van der Waals surface area contributed by atoms with Crippen LogP contribution in [0.1, 0.15) is 12.8 Å². The fourth-order valence-corrected chi connectivity index (χ4v) is 1.98. The average molecular weight is 278 g/mol. The number of aromatic nitrogens is 2. The molecule has 0 bridgehead atoms. The van der Waals surface area contributed by atoms with Gasteiger partial charge in [-0.3, -0.25) is 9.78 Å². The van der Waals surface area contributed by atoms with Crippen LogP contribution in [0.5, 0.6) is 0 Å². The molecule has 0 aliphatic rings. The molecule has 2 aromatic rings. The van der Waals surface area contributed by atoms with Crippen molar-refractivity contribution in [3.8, 4) is 0 Å². The van der Waals surface area contributed by atoms with Gasteiger partial charge in [0.25, 0.3) is 0 Å². The van der Waals surface area contributed by atoms with E-state index in [4.69, 9.17) is 11.6 Å². The Morgan fingerprint density at radius 2 is 2.16 bits per heavy atom. The molecule has 1 N–H and O–H groups in total. The van der Waals surface area contributed by atoms with Crippen LogP contribution in [0.3, 0.4) is 0 Å². The molecule has 19 heavy (non-hydrogen) atoms. The van der Waals surface area contributed by atoms with Crippen LogP contribution in [0.4, 0.5) is 5.69 Å². The molecule has 4 nitrogen and oxygen atoms in total. The maximum atomic E-state index is 11.5. The molecule has 0 fully saturated rings. The highest BCUT2D eigenvalue weighted by Gasteiger charge is 1.98. The van der Waals surface area contributed by atoms with Gasteiger partial charge < -0.3 is 9.88 Å². The van der Waals surface area contributed by atoms with E-state index in [2.05, 4.69) is 10.3 Å². The van der Waals surface area contributed by atoms with Gasteiger partial charge >= 0.3 is 0 Å². The number of nitrogens with zero attached hydrogens (tertiary/aromatic N) is 2. The van der Waals surface area contributed by atoms with Crippen molar-refractivity contribution in [2.24, 2.45) is 0 Å². The molecule has 100 valence electrons. The molecule has 0 saturated carbocycles. The lowest BCUT2D eigenvalue weighted by Gasteiger charge is -2.08. The van der Waals surface area contributed by atoms with Crippen LogP contribution in [0, 0.1) is 0 Å². The summed E-state index contributed by atoms with van der Waals surface area (Å²) in [5.74, 6) is 0. The Kier molecular flexibility index (Phi) is 4.98. The largest absolute Gasteiger partial charge is 0.384 e. The first-order valence-corrected chi connectivity index (χ1v) is 6.64. The summed E-state index contributed by atoms with van der Waals surface area (Å²) in [5.41, 5.74) is 0.946. The van der Waals surface area contributed by atoms with Crippen molar-refractivity contribution in [3.05, 3.63) is 58.2 Å². The van der Waals surface area contributed by atoms with E-state index in [1.807, 2.05) is 18.3 Å². The number of rotatable bonds is 6. The number of unbranched alkanes of at least 4 members (excludes halogenated alkanes) is 1. The topological polar surface area (TPSA) is 46.9 Å². The van der Waals surface area contributed by atoms with E-state index < -0.39 is 0 Å². The van der Waals surface area contributed by atoms with Crippen LogP contribution >= 0.6 is 11.6 Å². The standard InChI is InChI=1S/C14H16ClN3O/c15-12-11-16-8-6-13(12)17-7-2-4-10-18-9-3-1-5-14(18)19/h1,3,5-6,8-9,11H,2,4,7,10H2,(H,16,17). The predicted octanol–water partition coefficient (Wildman–Crippen LogP) is 2.79. The van der Waals surface area contributed by atoms with E-state index in [1.165, 1.54) is 0 Å². The van der Waals surface area contributed by atoms with Crippen LogP contribution in [0.15, 0.2) is 47.7 Å². The third-order valence-electron chi connectivity index (χ3n) is 2.81. The molecule has 0 radical (unpaired) electrons. The Balaban J connectivity index is 1.72. The van der Waals surface area contributed by atoms with Gasteiger partial charge in [-0.2, -0.15) is 0 Å². The summed E-state index contributed by atoms with van der Waals surface area (Å²) in [4.78, 5) is 15.4. The molecule has 0 unspecified atom stereocenters. The SMILES string of the molecule is O=c1ccccn1CCCCNc1ccncc1Cl. The predicted molar refractivity (Wildman–Crippen MR) is 77.7 cm³/mol. The Morgan fingerprint density at radius 3 is 2.95 bits per heavy atom. The molecule has 0 amide bonds. The maximum absolute atomic E-state index is 11.5. The molecular weight excluding hydrogens is 262 g/mol. The number of nitrogens with one attached hydrogen (secondary N) is 1. The van der Waals surface area contributed by atoms with E-state index >= 15 is 0 Å². The van der Waals surface area contributed by atoms with E-state index in [1.54, 1.807) is 29.1 Å². The fraction of sp³-hybridized carbons (Fsp3) is 0.286. The number of hydrogen-bond donors (Lipinski definition) is 1. The van der Waals surface area contributed by atoms with Gasteiger partial charge in [0.2, 0.25) is 5.56 Å². The summed E-state index contributed by atoms with van der Waals surface area (Å²) in [7, 11) is 0. The van der Waals surface area contributed by atoms with Crippen LogP contribution in [0.25, 0.3) is 0 Å². The van der Waals surface area contributed by atoms with Gasteiger partial charge in [0.1, 0.15) is 0 Å². The van der Waals surface area contributed by atoms with E-state index in [-0.39, 0.29) is 5.56 Å². The first kappa shape index (κ1) is 13.6. The molecule has 2 aromatic heterocycles. The van der Waals surface area contributed by atoms with Gasteiger partial charge in [-0.1, -0.05) is 17.7 Å². The fourth-order valence-electron chi connectivity index (χ4n) is 1.79. The number of aryl methyl sites for hydroxylation is 1. The number of pyridine rings is 2. The van der Waals surface area contributed by atoms with E-state index in [0.717, 1.165) is 31.6 Å². The zero-order valence-electron chi connectivity index (χ0n) is 10.6. The minimum absolute atomic E-state index is 0.0487. The summed E-state index contributed by atoms with van der Waals surface area (Å²) < 4.78 is 1.72. The second-order valence-corrected chi connectivity index (χ2v) is 4.63. The maximum Gasteiger partial charge on any atom is 0.250 e. The third kappa shape index (κ3) is 4.10. The lowest BCUT2D eigenvalue weighted by Crippen LogP contribution is -2.18. The number of halogens is 1.